The molecular formula is C15H17N3O2S. The number of aryl methyl sites for hydroxylation is 2. The molecule has 0 aliphatic carbocycles. The maximum Gasteiger partial charge on any atom is 0.276 e. The molecule has 1 heterocycles. The van der Waals surface area contributed by atoms with Crippen molar-refractivity contribution >= 4 is 15.7 Å². The van der Waals surface area contributed by atoms with Gasteiger partial charge in [-0.15, -0.1) is 0 Å². The quantitative estimate of drug-likeness (QED) is 0.696. The second-order valence-corrected chi connectivity index (χ2v) is 6.41. The van der Waals surface area contributed by atoms with Gasteiger partial charge in [-0.3, -0.25) is 4.98 Å². The van der Waals surface area contributed by atoms with Gasteiger partial charge in [0.25, 0.3) is 10.0 Å². The van der Waals surface area contributed by atoms with Gasteiger partial charge in [0.15, 0.2) is 0 Å². The molecule has 5 nitrogen and oxygen atoms in total. The molecule has 2 aromatic rings. The molecule has 0 fully saturated rings. The molecule has 0 saturated heterocycles. The van der Waals surface area contributed by atoms with E-state index in [1.165, 1.54) is 0 Å². The summed E-state index contributed by atoms with van der Waals surface area (Å²) in [4.78, 5) is 6.62. The highest BCUT2D eigenvalue weighted by atomic mass is 32.2. The van der Waals surface area contributed by atoms with E-state index in [1.807, 2.05) is 19.1 Å². The molecule has 1 N–H and O–H groups in total. The van der Waals surface area contributed by atoms with Gasteiger partial charge in [0, 0.05) is 6.20 Å². The Morgan fingerprint density at radius 1 is 1.19 bits per heavy atom. The summed E-state index contributed by atoms with van der Waals surface area (Å²) in [6, 6.07) is 10.7. The van der Waals surface area contributed by atoms with E-state index < -0.39 is 10.0 Å². The van der Waals surface area contributed by atoms with Gasteiger partial charge in [-0.05, 0) is 50.1 Å². The van der Waals surface area contributed by atoms with E-state index in [9.17, 15) is 8.42 Å². The summed E-state index contributed by atoms with van der Waals surface area (Å²) < 4.78 is 24.6. The Hall–Kier alpha value is -2.21. The number of hydrogen-bond donors (Lipinski definition) is 1. The number of nitrogens with zero attached hydrogens (tertiary/aromatic N) is 2. The number of pyridine rings is 1. The minimum absolute atomic E-state index is 0.236. The summed E-state index contributed by atoms with van der Waals surface area (Å²) in [5, 5.41) is 3.93. The fourth-order valence-corrected chi connectivity index (χ4v) is 3.00. The molecule has 1 aromatic heterocycles. The minimum atomic E-state index is -3.68. The van der Waals surface area contributed by atoms with Crippen molar-refractivity contribution in [3.05, 3.63) is 59.4 Å². The first-order valence-corrected chi connectivity index (χ1v) is 7.93. The van der Waals surface area contributed by atoms with Crippen LogP contribution in [0.25, 0.3) is 0 Å². The molecule has 0 aliphatic rings. The highest BCUT2D eigenvalue weighted by Crippen LogP contribution is 2.16. The van der Waals surface area contributed by atoms with E-state index in [-0.39, 0.29) is 4.90 Å². The largest absolute Gasteiger partial charge is 0.276 e. The molecular weight excluding hydrogens is 286 g/mol. The number of hydrogen-bond acceptors (Lipinski definition) is 4. The molecule has 6 heteroatoms. The molecule has 0 bridgehead atoms. The first-order chi connectivity index (χ1) is 9.90. The highest BCUT2D eigenvalue weighted by molar-refractivity contribution is 7.89. The van der Waals surface area contributed by atoms with Gasteiger partial charge in [0.1, 0.15) is 0 Å². The molecule has 0 spiro atoms. The molecule has 2 rings (SSSR count). The summed E-state index contributed by atoms with van der Waals surface area (Å²) in [5.41, 5.74) is 2.69. The van der Waals surface area contributed by atoms with Crippen molar-refractivity contribution in [2.45, 2.75) is 25.7 Å². The van der Waals surface area contributed by atoms with Crippen molar-refractivity contribution in [2.75, 3.05) is 0 Å². The van der Waals surface area contributed by atoms with Crippen molar-refractivity contribution in [2.24, 2.45) is 5.10 Å². The summed E-state index contributed by atoms with van der Waals surface area (Å²) in [6.45, 7) is 5.30. The first-order valence-electron chi connectivity index (χ1n) is 6.45. The summed E-state index contributed by atoms with van der Waals surface area (Å²) in [5.74, 6) is 0. The van der Waals surface area contributed by atoms with Crippen LogP contribution >= 0.6 is 0 Å². The molecule has 0 atom stereocenters. The minimum Gasteiger partial charge on any atom is -0.255 e. The number of sulfonamides is 1. The van der Waals surface area contributed by atoms with Gasteiger partial charge in [-0.1, -0.05) is 18.2 Å². The smallest absolute Gasteiger partial charge is 0.255 e. The van der Waals surface area contributed by atoms with E-state index >= 15 is 0 Å². The molecule has 110 valence electrons. The Labute approximate surface area is 124 Å². The lowest BCUT2D eigenvalue weighted by Gasteiger charge is -2.08. The van der Waals surface area contributed by atoms with Crippen LogP contribution in [-0.4, -0.2) is 19.1 Å². The molecule has 0 radical (unpaired) electrons. The number of hydrazone groups is 1. The second kappa shape index (κ2) is 6.05. The Bertz CT molecular complexity index is 769. The lowest BCUT2D eigenvalue weighted by atomic mass is 10.2. The SMILES string of the molecule is C/C(=N\NS(=O)(=O)c1cc(C)ccc1C)c1ccccn1. The van der Waals surface area contributed by atoms with Crippen LogP contribution in [0.15, 0.2) is 52.6 Å². The van der Waals surface area contributed by atoms with Crippen LogP contribution in [0.4, 0.5) is 0 Å². The Morgan fingerprint density at radius 3 is 2.62 bits per heavy atom. The van der Waals surface area contributed by atoms with Crippen LogP contribution in [-0.2, 0) is 10.0 Å². The standard InChI is InChI=1S/C15H17N3O2S/c1-11-7-8-12(2)15(10-11)21(19,20)18-17-13(3)14-6-4-5-9-16-14/h4-10,18H,1-3H3/b17-13+. The predicted octanol–water partition coefficient (Wildman–Crippen LogP) is 2.40. The fraction of sp³-hybridized carbons (Fsp3) is 0.200. The van der Waals surface area contributed by atoms with E-state index in [4.69, 9.17) is 0 Å². The summed E-state index contributed by atoms with van der Waals surface area (Å²) in [7, 11) is -3.68. The monoisotopic (exact) mass is 303 g/mol. The molecule has 0 unspecified atom stereocenters. The van der Waals surface area contributed by atoms with Crippen molar-refractivity contribution in [1.82, 2.24) is 9.82 Å². The van der Waals surface area contributed by atoms with Crippen molar-refractivity contribution < 1.29 is 8.42 Å². The molecule has 0 amide bonds. The third kappa shape index (κ3) is 3.66. The van der Waals surface area contributed by atoms with E-state index in [0.29, 0.717) is 17.0 Å². The average molecular weight is 303 g/mol. The van der Waals surface area contributed by atoms with Gasteiger partial charge in [0.05, 0.1) is 16.3 Å². The van der Waals surface area contributed by atoms with E-state index in [2.05, 4.69) is 14.9 Å². The summed E-state index contributed by atoms with van der Waals surface area (Å²) in [6.07, 6.45) is 1.63. The van der Waals surface area contributed by atoms with Crippen LogP contribution in [0, 0.1) is 13.8 Å². The topological polar surface area (TPSA) is 71.4 Å². The lowest BCUT2D eigenvalue weighted by Crippen LogP contribution is -2.21. The lowest BCUT2D eigenvalue weighted by molar-refractivity contribution is 0.583. The van der Waals surface area contributed by atoms with Crippen LogP contribution in [0.1, 0.15) is 23.7 Å². The van der Waals surface area contributed by atoms with Gasteiger partial charge >= 0.3 is 0 Å². The number of nitrogens with one attached hydrogen (secondary N) is 1. The Balaban J connectivity index is 2.28. The van der Waals surface area contributed by atoms with Crippen molar-refractivity contribution in [1.29, 1.82) is 0 Å². The van der Waals surface area contributed by atoms with E-state index in [1.54, 1.807) is 44.3 Å². The fourth-order valence-electron chi connectivity index (χ4n) is 1.81. The third-order valence-corrected chi connectivity index (χ3v) is 4.35. The Morgan fingerprint density at radius 2 is 1.95 bits per heavy atom. The van der Waals surface area contributed by atoms with Crippen LogP contribution in [0.5, 0.6) is 0 Å². The molecule has 0 aliphatic heterocycles. The third-order valence-electron chi connectivity index (χ3n) is 3.00. The van der Waals surface area contributed by atoms with Crippen LogP contribution in [0.2, 0.25) is 0 Å². The zero-order chi connectivity index (χ0) is 15.5. The summed E-state index contributed by atoms with van der Waals surface area (Å²) >= 11 is 0. The highest BCUT2D eigenvalue weighted by Gasteiger charge is 2.16. The molecule has 0 saturated carbocycles. The normalized spacial score (nSPS) is 12.2. The maximum absolute atomic E-state index is 12.3. The maximum atomic E-state index is 12.3. The average Bonchev–Trinajstić information content (AvgIpc) is 2.48. The molecule has 1 aromatic carbocycles. The van der Waals surface area contributed by atoms with Gasteiger partial charge in [-0.25, -0.2) is 0 Å². The molecule has 21 heavy (non-hydrogen) atoms. The zero-order valence-corrected chi connectivity index (χ0v) is 13.0. The van der Waals surface area contributed by atoms with Crippen LogP contribution < -0.4 is 4.83 Å². The van der Waals surface area contributed by atoms with Crippen LogP contribution in [0.3, 0.4) is 0 Å². The Kier molecular flexibility index (Phi) is 4.37. The van der Waals surface area contributed by atoms with Gasteiger partial charge < -0.3 is 0 Å². The van der Waals surface area contributed by atoms with Gasteiger partial charge in [0.2, 0.25) is 0 Å². The zero-order valence-electron chi connectivity index (χ0n) is 12.2. The van der Waals surface area contributed by atoms with E-state index in [0.717, 1.165) is 5.56 Å². The number of aromatic nitrogens is 1. The number of rotatable bonds is 4. The van der Waals surface area contributed by atoms with Crippen molar-refractivity contribution in [3.8, 4) is 0 Å². The second-order valence-electron chi connectivity index (χ2n) is 4.78. The number of benzene rings is 1. The van der Waals surface area contributed by atoms with Crippen molar-refractivity contribution in [3.63, 3.8) is 0 Å². The van der Waals surface area contributed by atoms with Gasteiger partial charge in [-0.2, -0.15) is 18.4 Å². The predicted molar refractivity (Wildman–Crippen MR) is 82.7 cm³/mol. The first kappa shape index (κ1) is 15.2.